The molecule has 0 aromatic carbocycles. The minimum absolute atomic E-state index is 0.0248. The minimum Gasteiger partial charge on any atom is -0.335 e. The first-order chi connectivity index (χ1) is 12.0. The van der Waals surface area contributed by atoms with Gasteiger partial charge in [0.2, 0.25) is 11.1 Å². The lowest BCUT2D eigenvalue weighted by molar-refractivity contribution is -0.132. The number of H-pyrrole nitrogens is 1. The Balaban J connectivity index is 1.41. The average Bonchev–Trinajstić information content (AvgIpc) is 2.99. The summed E-state index contributed by atoms with van der Waals surface area (Å²) in [5, 5.41) is 7.75. The number of nitrogens with one attached hydrogen (secondary N) is 1. The highest BCUT2D eigenvalue weighted by molar-refractivity contribution is 7.99. The Kier molecular flexibility index (Phi) is 4.79. The largest absolute Gasteiger partial charge is 0.335 e. The molecule has 2 saturated carbocycles. The second-order valence-corrected chi connectivity index (χ2v) is 10.5. The molecule has 25 heavy (non-hydrogen) atoms. The fourth-order valence-corrected chi connectivity index (χ4v) is 6.33. The summed E-state index contributed by atoms with van der Waals surface area (Å²) in [5.74, 6) is 2.05. The lowest BCUT2D eigenvalue weighted by Gasteiger charge is -2.34. The number of hydrogen-bond acceptors (Lipinski definition) is 6. The molecule has 9 heteroatoms. The van der Waals surface area contributed by atoms with E-state index in [1.807, 2.05) is 4.90 Å². The van der Waals surface area contributed by atoms with Crippen molar-refractivity contribution >= 4 is 27.5 Å². The van der Waals surface area contributed by atoms with Crippen LogP contribution in [0, 0.1) is 0 Å². The van der Waals surface area contributed by atoms with E-state index in [-0.39, 0.29) is 35.2 Å². The maximum atomic E-state index is 12.9. The van der Waals surface area contributed by atoms with Gasteiger partial charge in [-0.15, -0.1) is 5.10 Å². The first-order valence-electron chi connectivity index (χ1n) is 9.08. The van der Waals surface area contributed by atoms with Crippen molar-refractivity contribution in [2.45, 2.75) is 68.1 Å². The molecular weight excluding hydrogens is 360 g/mol. The predicted molar refractivity (Wildman–Crippen MR) is 95.2 cm³/mol. The predicted octanol–water partition coefficient (Wildman–Crippen LogP) is 1.73. The Hall–Kier alpha value is -1.09. The SMILES string of the molecule is O=C(CSc1n[nH]c(C2CC2)n1)N(C1CCCC1)C1CCS(=O)(=O)C1. The van der Waals surface area contributed by atoms with Gasteiger partial charge in [0.15, 0.2) is 9.84 Å². The van der Waals surface area contributed by atoms with Gasteiger partial charge in [0.25, 0.3) is 0 Å². The number of carbonyl (C=O) groups excluding carboxylic acids is 1. The zero-order valence-corrected chi connectivity index (χ0v) is 15.8. The van der Waals surface area contributed by atoms with Gasteiger partial charge in [-0.3, -0.25) is 9.89 Å². The molecule has 2 heterocycles. The fraction of sp³-hybridized carbons (Fsp3) is 0.812. The van der Waals surface area contributed by atoms with Crippen molar-refractivity contribution in [3.8, 4) is 0 Å². The lowest BCUT2D eigenvalue weighted by atomic mass is 10.1. The van der Waals surface area contributed by atoms with Crippen LogP contribution in [0.25, 0.3) is 0 Å². The van der Waals surface area contributed by atoms with E-state index in [2.05, 4.69) is 15.2 Å². The molecule has 0 radical (unpaired) electrons. The average molecular weight is 385 g/mol. The Bertz CT molecular complexity index is 738. The normalized spacial score (nSPS) is 26.2. The van der Waals surface area contributed by atoms with Crippen LogP contribution >= 0.6 is 11.8 Å². The van der Waals surface area contributed by atoms with E-state index in [4.69, 9.17) is 0 Å². The van der Waals surface area contributed by atoms with Gasteiger partial charge in [-0.1, -0.05) is 24.6 Å². The lowest BCUT2D eigenvalue weighted by Crippen LogP contribution is -2.47. The van der Waals surface area contributed by atoms with Gasteiger partial charge in [0, 0.05) is 18.0 Å². The third-order valence-corrected chi connectivity index (χ3v) is 7.96. The molecule has 1 aromatic rings. The third-order valence-electron chi connectivity index (χ3n) is 5.38. The van der Waals surface area contributed by atoms with Crippen LogP contribution in [0.1, 0.15) is 56.7 Å². The molecule has 3 aliphatic rings. The highest BCUT2D eigenvalue weighted by Gasteiger charge is 2.39. The quantitative estimate of drug-likeness (QED) is 0.751. The van der Waals surface area contributed by atoms with Crippen LogP contribution in [0.3, 0.4) is 0 Å². The van der Waals surface area contributed by atoms with Crippen LogP contribution in [0.2, 0.25) is 0 Å². The van der Waals surface area contributed by atoms with Gasteiger partial charge in [-0.25, -0.2) is 13.4 Å². The second kappa shape index (κ2) is 6.90. The zero-order chi connectivity index (χ0) is 17.4. The van der Waals surface area contributed by atoms with Crippen LogP contribution in [0.5, 0.6) is 0 Å². The van der Waals surface area contributed by atoms with Gasteiger partial charge < -0.3 is 4.90 Å². The van der Waals surface area contributed by atoms with E-state index < -0.39 is 9.84 Å². The molecule has 3 fully saturated rings. The van der Waals surface area contributed by atoms with Crippen LogP contribution < -0.4 is 0 Å². The molecule has 1 saturated heterocycles. The molecule has 7 nitrogen and oxygen atoms in total. The minimum atomic E-state index is -3.00. The first kappa shape index (κ1) is 17.3. The summed E-state index contributed by atoms with van der Waals surface area (Å²) in [6, 6.07) is 0.0379. The van der Waals surface area contributed by atoms with Crippen molar-refractivity contribution in [1.29, 1.82) is 0 Å². The highest BCUT2D eigenvalue weighted by Crippen LogP contribution is 2.38. The van der Waals surface area contributed by atoms with Gasteiger partial charge in [0.1, 0.15) is 5.82 Å². The second-order valence-electron chi connectivity index (χ2n) is 7.36. The number of hydrogen-bond donors (Lipinski definition) is 1. The number of thioether (sulfide) groups is 1. The van der Waals surface area contributed by atoms with E-state index in [0.717, 1.165) is 44.3 Å². The van der Waals surface area contributed by atoms with E-state index in [9.17, 15) is 13.2 Å². The maximum absolute atomic E-state index is 12.9. The molecule has 138 valence electrons. The van der Waals surface area contributed by atoms with E-state index >= 15 is 0 Å². The van der Waals surface area contributed by atoms with Crippen LogP contribution in [0.15, 0.2) is 5.16 Å². The molecule has 1 N–H and O–H groups in total. The number of sulfone groups is 1. The van der Waals surface area contributed by atoms with Gasteiger partial charge >= 0.3 is 0 Å². The number of aromatic amines is 1. The van der Waals surface area contributed by atoms with Crippen molar-refractivity contribution in [1.82, 2.24) is 20.1 Å². The van der Waals surface area contributed by atoms with Crippen LogP contribution in [-0.2, 0) is 14.6 Å². The fourth-order valence-electron chi connectivity index (χ4n) is 3.95. The van der Waals surface area contributed by atoms with Crippen molar-refractivity contribution in [2.24, 2.45) is 0 Å². The van der Waals surface area contributed by atoms with Crippen molar-refractivity contribution < 1.29 is 13.2 Å². The summed E-state index contributed by atoms with van der Waals surface area (Å²) in [4.78, 5) is 19.2. The van der Waals surface area contributed by atoms with Crippen LogP contribution in [0.4, 0.5) is 0 Å². The van der Waals surface area contributed by atoms with Gasteiger partial charge in [0.05, 0.1) is 17.3 Å². The summed E-state index contributed by atoms with van der Waals surface area (Å²) in [6.45, 7) is 0. The molecule has 2 aliphatic carbocycles. The van der Waals surface area contributed by atoms with Gasteiger partial charge in [-0.2, -0.15) is 0 Å². The number of rotatable bonds is 6. The Morgan fingerprint density at radius 3 is 2.56 bits per heavy atom. The van der Waals surface area contributed by atoms with E-state index in [0.29, 0.717) is 17.5 Å². The van der Waals surface area contributed by atoms with Crippen molar-refractivity contribution in [3.63, 3.8) is 0 Å². The summed E-state index contributed by atoms with van der Waals surface area (Å²) in [5.41, 5.74) is 0. The summed E-state index contributed by atoms with van der Waals surface area (Å²) >= 11 is 1.35. The van der Waals surface area contributed by atoms with E-state index in [1.54, 1.807) is 0 Å². The van der Waals surface area contributed by atoms with E-state index in [1.165, 1.54) is 11.8 Å². The molecule has 4 rings (SSSR count). The third kappa shape index (κ3) is 4.02. The molecule has 1 aliphatic heterocycles. The van der Waals surface area contributed by atoms with Crippen molar-refractivity contribution in [3.05, 3.63) is 5.82 Å². The maximum Gasteiger partial charge on any atom is 0.233 e. The number of amides is 1. The van der Waals surface area contributed by atoms with Gasteiger partial charge in [-0.05, 0) is 32.1 Å². The van der Waals surface area contributed by atoms with Crippen LogP contribution in [-0.4, -0.2) is 63.7 Å². The Morgan fingerprint density at radius 1 is 1.16 bits per heavy atom. The Labute approximate surface area is 152 Å². The number of aromatic nitrogens is 3. The summed E-state index contributed by atoms with van der Waals surface area (Å²) in [7, 11) is -3.00. The molecule has 0 bridgehead atoms. The molecular formula is C16H24N4O3S2. The smallest absolute Gasteiger partial charge is 0.233 e. The summed E-state index contributed by atoms with van der Waals surface area (Å²) in [6.07, 6.45) is 7.09. The topological polar surface area (TPSA) is 96.0 Å². The first-order valence-corrected chi connectivity index (χ1v) is 11.9. The molecule has 1 atom stereocenters. The van der Waals surface area contributed by atoms with Crippen molar-refractivity contribution in [2.75, 3.05) is 17.3 Å². The molecule has 0 spiro atoms. The number of nitrogens with zero attached hydrogens (tertiary/aromatic N) is 3. The highest BCUT2D eigenvalue weighted by atomic mass is 32.2. The zero-order valence-electron chi connectivity index (χ0n) is 14.2. The molecule has 1 aromatic heterocycles. The monoisotopic (exact) mass is 384 g/mol. The molecule has 1 unspecified atom stereocenters. The number of carbonyl (C=O) groups is 1. The summed E-state index contributed by atoms with van der Waals surface area (Å²) < 4.78 is 23.7. The standard InChI is InChI=1S/C16H24N4O3S2/c21-14(9-24-16-17-15(18-19-16)11-5-6-11)20(12-3-1-2-4-12)13-7-8-25(22,23)10-13/h11-13H,1-10H2,(H,17,18,19). The Morgan fingerprint density at radius 2 is 1.92 bits per heavy atom. The molecule has 1 amide bonds.